The summed E-state index contributed by atoms with van der Waals surface area (Å²) in [4.78, 5) is 12.3. The Labute approximate surface area is 144 Å². The van der Waals surface area contributed by atoms with Crippen LogP contribution in [0.3, 0.4) is 0 Å². The number of hydrogen-bond donors (Lipinski definition) is 2. The van der Waals surface area contributed by atoms with Crippen LogP contribution in [-0.4, -0.2) is 20.6 Å². The van der Waals surface area contributed by atoms with Crippen molar-refractivity contribution < 1.29 is 13.2 Å². The normalized spacial score (nSPS) is 11.1. The first-order valence-electron chi connectivity index (χ1n) is 6.81. The highest BCUT2D eigenvalue weighted by Gasteiger charge is 2.10. The monoisotopic (exact) mass is 396 g/mol. The molecule has 122 valence electrons. The van der Waals surface area contributed by atoms with Crippen molar-refractivity contribution in [2.45, 2.75) is 13.8 Å². The van der Waals surface area contributed by atoms with Crippen LogP contribution in [0.25, 0.3) is 0 Å². The summed E-state index contributed by atoms with van der Waals surface area (Å²) in [5, 5.41) is 2.82. The van der Waals surface area contributed by atoms with Crippen molar-refractivity contribution in [3.05, 3.63) is 57.6 Å². The molecule has 0 aromatic heterocycles. The van der Waals surface area contributed by atoms with Crippen molar-refractivity contribution in [3.63, 3.8) is 0 Å². The number of hydrogen-bond acceptors (Lipinski definition) is 3. The first kappa shape index (κ1) is 17.5. The molecule has 2 N–H and O–H groups in total. The molecule has 0 unspecified atom stereocenters. The van der Waals surface area contributed by atoms with Crippen LogP contribution in [0.1, 0.15) is 21.5 Å². The van der Waals surface area contributed by atoms with Gasteiger partial charge in [-0.1, -0.05) is 15.9 Å². The van der Waals surface area contributed by atoms with Crippen molar-refractivity contribution in [1.29, 1.82) is 0 Å². The van der Waals surface area contributed by atoms with Crippen LogP contribution in [0.2, 0.25) is 0 Å². The van der Waals surface area contributed by atoms with Gasteiger partial charge in [0.05, 0.1) is 11.9 Å². The quantitative estimate of drug-likeness (QED) is 0.827. The second-order valence-corrected chi connectivity index (χ2v) is 7.92. The zero-order valence-corrected chi connectivity index (χ0v) is 15.4. The molecule has 5 nitrogen and oxygen atoms in total. The van der Waals surface area contributed by atoms with E-state index in [-0.39, 0.29) is 5.91 Å². The van der Waals surface area contributed by atoms with Crippen LogP contribution in [-0.2, 0) is 10.0 Å². The molecule has 0 aliphatic heterocycles. The number of amides is 1. The number of halogens is 1. The molecule has 0 aliphatic rings. The zero-order valence-electron chi connectivity index (χ0n) is 13.0. The molecule has 0 saturated heterocycles. The second-order valence-electron chi connectivity index (χ2n) is 5.32. The predicted molar refractivity (Wildman–Crippen MR) is 96.5 cm³/mol. The smallest absolute Gasteiger partial charge is 0.255 e. The van der Waals surface area contributed by atoms with Gasteiger partial charge in [-0.15, -0.1) is 0 Å². The highest BCUT2D eigenvalue weighted by Crippen LogP contribution is 2.22. The highest BCUT2D eigenvalue weighted by molar-refractivity contribution is 9.10. The lowest BCUT2D eigenvalue weighted by Gasteiger charge is -2.11. The van der Waals surface area contributed by atoms with E-state index in [1.807, 2.05) is 19.1 Å². The Bertz CT molecular complexity index is 864. The van der Waals surface area contributed by atoms with Crippen LogP contribution >= 0.6 is 15.9 Å². The average Bonchev–Trinajstić information content (AvgIpc) is 2.43. The summed E-state index contributed by atoms with van der Waals surface area (Å²) in [5.74, 6) is -0.249. The molecular weight excluding hydrogens is 380 g/mol. The minimum absolute atomic E-state index is 0.249. The summed E-state index contributed by atoms with van der Waals surface area (Å²) in [5.41, 5.74) is 3.32. The number of carbonyl (C=O) groups is 1. The van der Waals surface area contributed by atoms with E-state index in [0.717, 1.165) is 16.3 Å². The third-order valence-electron chi connectivity index (χ3n) is 3.20. The summed E-state index contributed by atoms with van der Waals surface area (Å²) in [6, 6.07) is 10.4. The largest absolute Gasteiger partial charge is 0.322 e. The second kappa shape index (κ2) is 6.72. The third-order valence-corrected chi connectivity index (χ3v) is 4.68. The Morgan fingerprint density at radius 3 is 2.30 bits per heavy atom. The molecule has 23 heavy (non-hydrogen) atoms. The maximum absolute atomic E-state index is 12.3. The van der Waals surface area contributed by atoms with Gasteiger partial charge in [-0.05, 0) is 61.4 Å². The van der Waals surface area contributed by atoms with Crippen molar-refractivity contribution in [2.75, 3.05) is 16.3 Å². The van der Waals surface area contributed by atoms with Gasteiger partial charge in [0.15, 0.2) is 0 Å². The minimum atomic E-state index is -3.35. The molecule has 1 amide bonds. The fourth-order valence-corrected chi connectivity index (χ4v) is 2.92. The first-order valence-corrected chi connectivity index (χ1v) is 9.50. The summed E-state index contributed by atoms with van der Waals surface area (Å²) in [7, 11) is -3.35. The Balaban J connectivity index is 2.19. The standard InChI is InChI=1S/C16H17BrN2O3S/c1-10-9-13(5-6-14(10)17)18-16(20)12-4-7-15(11(2)8-12)19-23(3,21)22/h4-9,19H,1-3H3,(H,18,20). The Morgan fingerprint density at radius 1 is 1.04 bits per heavy atom. The van der Waals surface area contributed by atoms with Gasteiger partial charge in [0, 0.05) is 15.7 Å². The molecule has 0 saturated carbocycles. The highest BCUT2D eigenvalue weighted by atomic mass is 79.9. The SMILES string of the molecule is Cc1cc(NC(=O)c2ccc(NS(C)(=O)=O)c(C)c2)ccc1Br. The van der Waals surface area contributed by atoms with Gasteiger partial charge in [-0.3, -0.25) is 9.52 Å². The van der Waals surface area contributed by atoms with E-state index in [1.165, 1.54) is 0 Å². The van der Waals surface area contributed by atoms with E-state index in [0.29, 0.717) is 22.5 Å². The van der Waals surface area contributed by atoms with Gasteiger partial charge in [0.25, 0.3) is 5.91 Å². The molecule has 2 rings (SSSR count). The van der Waals surface area contributed by atoms with Crippen LogP contribution < -0.4 is 10.0 Å². The van der Waals surface area contributed by atoms with E-state index < -0.39 is 10.0 Å². The molecule has 0 aliphatic carbocycles. The number of nitrogens with one attached hydrogen (secondary N) is 2. The van der Waals surface area contributed by atoms with Gasteiger partial charge >= 0.3 is 0 Å². The number of rotatable bonds is 4. The summed E-state index contributed by atoms with van der Waals surface area (Å²) in [6.45, 7) is 3.68. The molecular formula is C16H17BrN2O3S. The van der Waals surface area contributed by atoms with E-state index in [4.69, 9.17) is 0 Å². The summed E-state index contributed by atoms with van der Waals surface area (Å²) < 4.78 is 25.9. The van der Waals surface area contributed by atoms with Gasteiger partial charge in [0.2, 0.25) is 10.0 Å². The Morgan fingerprint density at radius 2 is 1.74 bits per heavy atom. The Kier molecular flexibility index (Phi) is 5.11. The lowest BCUT2D eigenvalue weighted by Crippen LogP contribution is -2.14. The topological polar surface area (TPSA) is 75.3 Å². The molecule has 0 bridgehead atoms. The number of sulfonamides is 1. The molecule has 2 aromatic carbocycles. The molecule has 7 heteroatoms. The number of anilines is 2. The van der Waals surface area contributed by atoms with E-state index >= 15 is 0 Å². The van der Waals surface area contributed by atoms with Crippen LogP contribution in [0.15, 0.2) is 40.9 Å². The molecule has 0 heterocycles. The summed E-state index contributed by atoms with van der Waals surface area (Å²) >= 11 is 3.41. The fraction of sp³-hybridized carbons (Fsp3) is 0.188. The maximum Gasteiger partial charge on any atom is 0.255 e. The predicted octanol–water partition coefficient (Wildman–Crippen LogP) is 3.69. The van der Waals surface area contributed by atoms with Crippen LogP contribution in [0.5, 0.6) is 0 Å². The van der Waals surface area contributed by atoms with Crippen molar-refractivity contribution in [2.24, 2.45) is 0 Å². The number of benzene rings is 2. The maximum atomic E-state index is 12.3. The van der Waals surface area contributed by atoms with Crippen molar-refractivity contribution in [3.8, 4) is 0 Å². The van der Waals surface area contributed by atoms with Crippen LogP contribution in [0, 0.1) is 13.8 Å². The molecule has 2 aromatic rings. The van der Waals surface area contributed by atoms with E-state index in [9.17, 15) is 13.2 Å². The fourth-order valence-electron chi connectivity index (χ4n) is 2.04. The van der Waals surface area contributed by atoms with Gasteiger partial charge < -0.3 is 5.32 Å². The van der Waals surface area contributed by atoms with Gasteiger partial charge in [-0.2, -0.15) is 0 Å². The van der Waals surface area contributed by atoms with Crippen molar-refractivity contribution >= 4 is 43.2 Å². The van der Waals surface area contributed by atoms with E-state index in [1.54, 1.807) is 31.2 Å². The van der Waals surface area contributed by atoms with Crippen molar-refractivity contribution in [1.82, 2.24) is 0 Å². The number of carbonyl (C=O) groups excluding carboxylic acids is 1. The van der Waals surface area contributed by atoms with Gasteiger partial charge in [0.1, 0.15) is 0 Å². The molecule has 0 fully saturated rings. The van der Waals surface area contributed by atoms with Gasteiger partial charge in [-0.25, -0.2) is 8.42 Å². The minimum Gasteiger partial charge on any atom is -0.322 e. The third kappa shape index (κ3) is 4.80. The Hall–Kier alpha value is -1.86. The van der Waals surface area contributed by atoms with E-state index in [2.05, 4.69) is 26.0 Å². The average molecular weight is 397 g/mol. The first-order chi connectivity index (χ1) is 10.7. The lowest BCUT2D eigenvalue weighted by molar-refractivity contribution is 0.102. The van der Waals surface area contributed by atoms with Crippen LogP contribution in [0.4, 0.5) is 11.4 Å². The molecule has 0 spiro atoms. The molecule has 0 atom stereocenters. The zero-order chi connectivity index (χ0) is 17.2. The summed E-state index contributed by atoms with van der Waals surface area (Å²) in [6.07, 6.45) is 1.09. The number of aryl methyl sites for hydroxylation is 2. The lowest BCUT2D eigenvalue weighted by atomic mass is 10.1. The molecule has 0 radical (unpaired) electrons.